The Balaban J connectivity index is 1.66. The molecule has 1 unspecified atom stereocenters. The van der Waals surface area contributed by atoms with E-state index in [1.807, 2.05) is 63.3 Å². The maximum atomic E-state index is 14.3. The molecule has 3 amide bonds. The van der Waals surface area contributed by atoms with Crippen LogP contribution >= 0.6 is 0 Å². The molecule has 0 bridgehead atoms. The smallest absolute Gasteiger partial charge is 0.253 e. The van der Waals surface area contributed by atoms with Crippen molar-refractivity contribution in [2.45, 2.75) is 44.4 Å². The summed E-state index contributed by atoms with van der Waals surface area (Å²) < 4.78 is 6.74. The molecule has 1 aromatic carbocycles. The van der Waals surface area contributed by atoms with Gasteiger partial charge in [0.25, 0.3) is 5.91 Å². The summed E-state index contributed by atoms with van der Waals surface area (Å²) in [5, 5.41) is 9.52. The SMILES string of the molecule is Cc1ccc(C)c(N2CC=C[C@]34O[C@]5(C)C=CCN(C)C(=O)[C@@H]5[C@H]3C(=O)N(CCCO)C4C2=O)c1. The maximum absolute atomic E-state index is 14.3. The molecule has 0 radical (unpaired) electrons. The summed E-state index contributed by atoms with van der Waals surface area (Å²) in [4.78, 5) is 46.7. The predicted octanol–water partition coefficient (Wildman–Crippen LogP) is 1.59. The van der Waals surface area contributed by atoms with Gasteiger partial charge in [0.05, 0.1) is 17.4 Å². The zero-order valence-electron chi connectivity index (χ0n) is 20.7. The fourth-order valence-corrected chi connectivity index (χ4v) is 6.35. The zero-order chi connectivity index (χ0) is 25.1. The number of anilines is 1. The van der Waals surface area contributed by atoms with Crippen molar-refractivity contribution >= 4 is 23.4 Å². The lowest BCUT2D eigenvalue weighted by Crippen LogP contribution is -2.56. The van der Waals surface area contributed by atoms with E-state index in [1.165, 1.54) is 0 Å². The lowest BCUT2D eigenvalue weighted by atomic mass is 9.74. The maximum Gasteiger partial charge on any atom is 0.253 e. The highest BCUT2D eigenvalue weighted by molar-refractivity contribution is 6.06. The second-order valence-corrected chi connectivity index (χ2v) is 10.4. The van der Waals surface area contributed by atoms with Gasteiger partial charge in [-0.2, -0.15) is 0 Å². The van der Waals surface area contributed by atoms with Crippen LogP contribution in [0.2, 0.25) is 0 Å². The van der Waals surface area contributed by atoms with E-state index < -0.39 is 29.1 Å². The third-order valence-electron chi connectivity index (χ3n) is 7.97. The Morgan fingerprint density at radius 1 is 1.03 bits per heavy atom. The van der Waals surface area contributed by atoms with Gasteiger partial charge in [0.2, 0.25) is 11.8 Å². The van der Waals surface area contributed by atoms with Crippen molar-refractivity contribution < 1.29 is 24.2 Å². The van der Waals surface area contributed by atoms with E-state index in [0.717, 1.165) is 16.8 Å². The highest BCUT2D eigenvalue weighted by atomic mass is 16.5. The Kier molecular flexibility index (Phi) is 5.64. The number of likely N-dealkylation sites (N-methyl/N-ethyl adjacent to an activating group) is 1. The third kappa shape index (κ3) is 3.37. The first-order valence-corrected chi connectivity index (χ1v) is 12.2. The van der Waals surface area contributed by atoms with E-state index in [2.05, 4.69) is 0 Å². The standard InChI is InChI=1S/C27H33N3O5/c1-17-8-9-18(2)19(16-17)29-13-6-11-27-21(24(33)30(14-7-15-31)22(27)25(29)34)20-23(32)28(4)12-5-10-26(20,3)35-27/h5-6,8-11,16,20-22,31H,7,12-15H2,1-4H3/t20-,21-,22?,26+,27-/m0/s1. The van der Waals surface area contributed by atoms with Crippen molar-refractivity contribution in [3.63, 3.8) is 0 Å². The monoisotopic (exact) mass is 479 g/mol. The van der Waals surface area contributed by atoms with Gasteiger partial charge in [-0.15, -0.1) is 0 Å². The number of nitrogens with zero attached hydrogens (tertiary/aromatic N) is 3. The van der Waals surface area contributed by atoms with Crippen molar-refractivity contribution in [3.05, 3.63) is 53.6 Å². The Morgan fingerprint density at radius 3 is 2.51 bits per heavy atom. The minimum Gasteiger partial charge on any atom is -0.396 e. The molecule has 2 fully saturated rings. The van der Waals surface area contributed by atoms with E-state index in [4.69, 9.17) is 4.74 Å². The molecule has 8 heteroatoms. The average Bonchev–Trinajstić information content (AvgIpc) is 3.09. The molecule has 0 aliphatic carbocycles. The highest BCUT2D eigenvalue weighted by Crippen LogP contribution is 2.57. The van der Waals surface area contributed by atoms with Crippen LogP contribution in [0.15, 0.2) is 42.5 Å². The quantitative estimate of drug-likeness (QED) is 0.663. The fourth-order valence-electron chi connectivity index (χ4n) is 6.35. The molecular formula is C27H33N3O5. The number of likely N-dealkylation sites (tertiary alicyclic amines) is 1. The Labute approximate surface area is 205 Å². The number of hydrogen-bond donors (Lipinski definition) is 1. The molecule has 5 atom stereocenters. The highest BCUT2D eigenvalue weighted by Gasteiger charge is 2.74. The van der Waals surface area contributed by atoms with Crippen molar-refractivity contribution in [1.29, 1.82) is 0 Å². The molecule has 4 heterocycles. The molecule has 4 aliphatic rings. The van der Waals surface area contributed by atoms with Crippen LogP contribution in [0.1, 0.15) is 24.5 Å². The van der Waals surface area contributed by atoms with E-state index >= 15 is 0 Å². The van der Waals surface area contributed by atoms with E-state index in [0.29, 0.717) is 19.5 Å². The first-order chi connectivity index (χ1) is 16.6. The van der Waals surface area contributed by atoms with Gasteiger partial charge in [-0.1, -0.05) is 36.4 Å². The minimum atomic E-state index is -1.27. The molecule has 8 nitrogen and oxygen atoms in total. The van der Waals surface area contributed by atoms with Crippen LogP contribution in [-0.2, 0) is 19.1 Å². The van der Waals surface area contributed by atoms with Gasteiger partial charge in [-0.3, -0.25) is 14.4 Å². The Bertz CT molecular complexity index is 1150. The largest absolute Gasteiger partial charge is 0.396 e. The van der Waals surface area contributed by atoms with Gasteiger partial charge in [-0.05, 0) is 44.4 Å². The number of carbonyl (C=O) groups is 3. The van der Waals surface area contributed by atoms with Gasteiger partial charge in [0, 0.05) is 39.0 Å². The lowest BCUT2D eigenvalue weighted by Gasteiger charge is -2.37. The summed E-state index contributed by atoms with van der Waals surface area (Å²) in [7, 11) is 1.72. The van der Waals surface area contributed by atoms with Gasteiger partial charge in [0.15, 0.2) is 0 Å². The van der Waals surface area contributed by atoms with Gasteiger partial charge < -0.3 is 24.5 Å². The van der Waals surface area contributed by atoms with Gasteiger partial charge in [0.1, 0.15) is 11.6 Å². The van der Waals surface area contributed by atoms with Crippen LogP contribution in [0.25, 0.3) is 0 Å². The number of fused-ring (bicyclic) bond motifs is 2. The van der Waals surface area contributed by atoms with Crippen molar-refractivity contribution in [2.75, 3.05) is 38.2 Å². The molecule has 0 saturated carbocycles. The summed E-state index contributed by atoms with van der Waals surface area (Å²) in [6, 6.07) is 5.04. The number of aliphatic hydroxyl groups is 1. The van der Waals surface area contributed by atoms with Crippen LogP contribution < -0.4 is 4.90 Å². The summed E-state index contributed by atoms with van der Waals surface area (Å²) in [5.74, 6) is -2.23. The van der Waals surface area contributed by atoms with Crippen molar-refractivity contribution in [2.24, 2.45) is 11.8 Å². The molecule has 35 heavy (non-hydrogen) atoms. The second-order valence-electron chi connectivity index (χ2n) is 10.4. The van der Waals surface area contributed by atoms with Crippen molar-refractivity contribution in [3.8, 4) is 0 Å². The number of amides is 3. The average molecular weight is 480 g/mol. The summed E-state index contributed by atoms with van der Waals surface area (Å²) in [6.07, 6.45) is 7.84. The lowest BCUT2D eigenvalue weighted by molar-refractivity contribution is -0.148. The molecule has 186 valence electrons. The molecule has 2 saturated heterocycles. The van der Waals surface area contributed by atoms with Crippen molar-refractivity contribution in [1.82, 2.24) is 9.80 Å². The topological polar surface area (TPSA) is 90.4 Å². The Morgan fingerprint density at radius 2 is 1.77 bits per heavy atom. The number of hydrogen-bond acceptors (Lipinski definition) is 5. The molecule has 1 aromatic rings. The molecule has 5 rings (SSSR count). The number of carbonyl (C=O) groups excluding carboxylic acids is 3. The number of rotatable bonds is 4. The minimum absolute atomic E-state index is 0.106. The summed E-state index contributed by atoms with van der Waals surface area (Å²) in [6.45, 7) is 6.67. The van der Waals surface area contributed by atoms with E-state index in [-0.39, 0.29) is 30.9 Å². The van der Waals surface area contributed by atoms with Crippen LogP contribution in [-0.4, -0.2) is 83.2 Å². The predicted molar refractivity (Wildman–Crippen MR) is 131 cm³/mol. The number of aliphatic hydroxyl groups excluding tert-OH is 1. The number of aryl methyl sites for hydroxylation is 2. The van der Waals surface area contributed by atoms with Crippen LogP contribution in [0, 0.1) is 25.7 Å². The molecular weight excluding hydrogens is 446 g/mol. The number of ether oxygens (including phenoxy) is 1. The second kappa shape index (κ2) is 8.31. The normalized spacial score (nSPS) is 34.1. The van der Waals surface area contributed by atoms with Gasteiger partial charge >= 0.3 is 0 Å². The zero-order valence-corrected chi connectivity index (χ0v) is 20.7. The van der Waals surface area contributed by atoms with E-state index in [9.17, 15) is 19.5 Å². The third-order valence-corrected chi connectivity index (χ3v) is 7.97. The fraction of sp³-hybridized carbons (Fsp3) is 0.519. The first kappa shape index (κ1) is 23.8. The van der Waals surface area contributed by atoms with Crippen LogP contribution in [0.5, 0.6) is 0 Å². The molecule has 0 aromatic heterocycles. The summed E-state index contributed by atoms with van der Waals surface area (Å²) >= 11 is 0. The van der Waals surface area contributed by atoms with Gasteiger partial charge in [-0.25, -0.2) is 0 Å². The van der Waals surface area contributed by atoms with E-state index in [1.54, 1.807) is 21.7 Å². The van der Waals surface area contributed by atoms with Crippen LogP contribution in [0.4, 0.5) is 5.69 Å². The summed E-state index contributed by atoms with van der Waals surface area (Å²) in [5.41, 5.74) is 0.504. The Hall–Kier alpha value is -2.97. The molecule has 4 aliphatic heterocycles. The molecule has 1 N–H and O–H groups in total. The molecule has 1 spiro atoms. The van der Waals surface area contributed by atoms with Crippen LogP contribution in [0.3, 0.4) is 0 Å². The number of benzene rings is 1. The first-order valence-electron chi connectivity index (χ1n) is 12.2.